The number of rotatable bonds is 20. The van der Waals surface area contributed by atoms with E-state index in [-0.39, 0.29) is 13.2 Å². The van der Waals surface area contributed by atoms with Crippen molar-refractivity contribution in [3.05, 3.63) is 81.8 Å². The number of nitrogens with one attached hydrogen (secondary N) is 1. The molecule has 0 unspecified atom stereocenters. The van der Waals surface area contributed by atoms with E-state index in [0.29, 0.717) is 23.0 Å². The molecule has 48 heavy (non-hydrogen) atoms. The fourth-order valence-electron chi connectivity index (χ4n) is 5.15. The van der Waals surface area contributed by atoms with Gasteiger partial charge in [-0.3, -0.25) is 4.79 Å². The molecule has 3 aromatic rings. The van der Waals surface area contributed by atoms with E-state index < -0.39 is 42.3 Å². The van der Waals surface area contributed by atoms with Crippen molar-refractivity contribution in [3.63, 3.8) is 0 Å². The molecule has 2 atom stereocenters. The average molecular weight is 703 g/mol. The van der Waals surface area contributed by atoms with Crippen LogP contribution in [0.1, 0.15) is 77.3 Å². The van der Waals surface area contributed by atoms with Crippen molar-refractivity contribution in [1.29, 1.82) is 0 Å². The monoisotopic (exact) mass is 701 g/mol. The summed E-state index contributed by atoms with van der Waals surface area (Å²) in [5.41, 5.74) is 1.51. The average Bonchev–Trinajstić information content (AvgIpc) is 3.04. The normalized spacial score (nSPS) is 12.8. The minimum Gasteiger partial charge on any atom is -0.464 e. The van der Waals surface area contributed by atoms with Crippen LogP contribution in [0.15, 0.2) is 60.7 Å². The van der Waals surface area contributed by atoms with Crippen LogP contribution in [0.25, 0.3) is 10.8 Å². The first-order chi connectivity index (χ1) is 23.0. The third-order valence-corrected chi connectivity index (χ3v) is 8.24. The van der Waals surface area contributed by atoms with Crippen LogP contribution in [0.2, 0.25) is 10.0 Å². The number of esters is 2. The molecule has 0 aliphatic carbocycles. The number of amides is 1. The third kappa shape index (κ3) is 14.1. The van der Waals surface area contributed by atoms with Gasteiger partial charge in [0.05, 0.1) is 16.7 Å². The molecule has 262 valence electrons. The Morgan fingerprint density at radius 2 is 1.42 bits per heavy atom. The maximum Gasteiger partial charge on any atom is 0.339 e. The van der Waals surface area contributed by atoms with E-state index in [1.54, 1.807) is 33.8 Å². The number of fused-ring (bicyclic) bond motifs is 1. The Hall–Kier alpha value is -3.17. The van der Waals surface area contributed by atoms with Crippen molar-refractivity contribution in [3.8, 4) is 0 Å². The molecule has 3 rings (SSSR count). The number of benzene rings is 3. The SMILES string of the molecule is CCOC(=O)CO[C@@H](C(=O)OC(C)(C)C)[C@@H](OCCCCCc1ccc(Cl)c(Cl)c1)C(=O)NCCCCCc1ccc2ccccc2c1. The summed E-state index contributed by atoms with van der Waals surface area (Å²) in [6.45, 7) is 7.06. The van der Waals surface area contributed by atoms with E-state index in [1.807, 2.05) is 24.3 Å². The summed E-state index contributed by atoms with van der Waals surface area (Å²) < 4.78 is 22.2. The second-order valence-corrected chi connectivity index (χ2v) is 13.5. The number of carbonyl (C=O) groups is 3. The zero-order valence-corrected chi connectivity index (χ0v) is 30.0. The highest BCUT2D eigenvalue weighted by Gasteiger charge is 2.39. The number of aryl methyl sites for hydroxylation is 2. The second-order valence-electron chi connectivity index (χ2n) is 12.7. The van der Waals surface area contributed by atoms with E-state index >= 15 is 0 Å². The van der Waals surface area contributed by atoms with E-state index in [9.17, 15) is 14.4 Å². The quantitative estimate of drug-likeness (QED) is 0.0940. The van der Waals surface area contributed by atoms with Crippen molar-refractivity contribution in [2.24, 2.45) is 0 Å². The zero-order valence-electron chi connectivity index (χ0n) is 28.5. The second kappa shape index (κ2) is 20.4. The summed E-state index contributed by atoms with van der Waals surface area (Å²) in [6, 6.07) is 20.4. The van der Waals surface area contributed by atoms with Gasteiger partial charge >= 0.3 is 11.9 Å². The predicted octanol–water partition coefficient (Wildman–Crippen LogP) is 8.06. The molecule has 0 radical (unpaired) electrons. The van der Waals surface area contributed by atoms with Crippen LogP contribution >= 0.6 is 23.2 Å². The largest absolute Gasteiger partial charge is 0.464 e. The van der Waals surface area contributed by atoms with Gasteiger partial charge in [0.2, 0.25) is 0 Å². The maximum atomic E-state index is 13.5. The van der Waals surface area contributed by atoms with Crippen molar-refractivity contribution >= 4 is 51.8 Å². The van der Waals surface area contributed by atoms with Gasteiger partial charge in [0, 0.05) is 13.2 Å². The first-order valence-corrected chi connectivity index (χ1v) is 17.5. The highest BCUT2D eigenvalue weighted by Crippen LogP contribution is 2.24. The van der Waals surface area contributed by atoms with Crippen LogP contribution in [0.5, 0.6) is 0 Å². The molecule has 8 nitrogen and oxygen atoms in total. The van der Waals surface area contributed by atoms with E-state index in [2.05, 4.69) is 35.6 Å². The molecule has 0 fully saturated rings. The Morgan fingerprint density at radius 1 is 0.750 bits per heavy atom. The number of halogens is 2. The lowest BCUT2D eigenvalue weighted by Gasteiger charge is -2.28. The lowest BCUT2D eigenvalue weighted by Crippen LogP contribution is -2.51. The fourth-order valence-corrected chi connectivity index (χ4v) is 5.47. The standard InChI is InChI=1S/C38H49Cl2NO7/c1-5-45-33(42)26-47-35(37(44)48-38(2,3)4)34(46-23-13-7-9-15-28-19-21-31(39)32(40)25-28)36(43)41-22-12-6-8-14-27-18-20-29-16-10-11-17-30(29)24-27/h10-11,16-21,24-25,34-35H,5-9,12-15,22-23,26H2,1-4H3,(H,41,43)/t34-,35-/m1/s1. The Balaban J connectivity index is 1.56. The molecule has 0 saturated heterocycles. The molecule has 0 aromatic heterocycles. The molecule has 3 aromatic carbocycles. The number of ether oxygens (including phenoxy) is 4. The van der Waals surface area contributed by atoms with Crippen molar-refractivity contribution in [2.75, 3.05) is 26.4 Å². The van der Waals surface area contributed by atoms with Crippen LogP contribution in [0.4, 0.5) is 0 Å². The fraction of sp³-hybridized carbons (Fsp3) is 0.500. The van der Waals surface area contributed by atoms with Crippen molar-refractivity contribution in [2.45, 2.75) is 96.9 Å². The summed E-state index contributed by atoms with van der Waals surface area (Å²) in [7, 11) is 0. The molecular formula is C38H49Cl2NO7. The van der Waals surface area contributed by atoms with Gasteiger partial charge in [-0.25, -0.2) is 9.59 Å². The minimum atomic E-state index is -1.46. The molecule has 0 aliphatic rings. The molecule has 1 N–H and O–H groups in total. The lowest BCUT2D eigenvalue weighted by atomic mass is 10.0. The number of unbranched alkanes of at least 4 members (excludes halogenated alkanes) is 4. The number of hydrogen-bond acceptors (Lipinski definition) is 7. The summed E-state index contributed by atoms with van der Waals surface area (Å²) in [4.78, 5) is 38.9. The molecule has 0 aliphatic heterocycles. The molecule has 0 heterocycles. The topological polar surface area (TPSA) is 100 Å². The van der Waals surface area contributed by atoms with Gasteiger partial charge in [-0.05, 0) is 100 Å². The predicted molar refractivity (Wildman–Crippen MR) is 190 cm³/mol. The number of hydrogen-bond donors (Lipinski definition) is 1. The van der Waals surface area contributed by atoms with Crippen LogP contribution in [0.3, 0.4) is 0 Å². The van der Waals surface area contributed by atoms with Gasteiger partial charge in [-0.15, -0.1) is 0 Å². The molecular weight excluding hydrogens is 653 g/mol. The number of carbonyl (C=O) groups excluding carboxylic acids is 3. The van der Waals surface area contributed by atoms with Crippen LogP contribution in [-0.4, -0.2) is 62.0 Å². The molecule has 0 saturated carbocycles. The van der Waals surface area contributed by atoms with E-state index in [0.717, 1.165) is 50.5 Å². The summed E-state index contributed by atoms with van der Waals surface area (Å²) in [5.74, 6) is -1.94. The molecule has 0 spiro atoms. The third-order valence-electron chi connectivity index (χ3n) is 7.51. The Kier molecular flexibility index (Phi) is 16.7. The summed E-state index contributed by atoms with van der Waals surface area (Å²) in [6.07, 6.45) is 3.92. The summed E-state index contributed by atoms with van der Waals surface area (Å²) in [5, 5.41) is 6.40. The van der Waals surface area contributed by atoms with Gasteiger partial charge in [0.25, 0.3) is 5.91 Å². The van der Waals surface area contributed by atoms with Gasteiger partial charge in [0.1, 0.15) is 12.2 Å². The van der Waals surface area contributed by atoms with Crippen molar-refractivity contribution < 1.29 is 33.3 Å². The molecule has 0 bridgehead atoms. The Morgan fingerprint density at radius 3 is 2.10 bits per heavy atom. The first-order valence-electron chi connectivity index (χ1n) is 16.8. The molecule has 10 heteroatoms. The molecule has 1 amide bonds. The van der Waals surface area contributed by atoms with Crippen LogP contribution in [-0.2, 0) is 46.2 Å². The van der Waals surface area contributed by atoms with Crippen LogP contribution in [0, 0.1) is 0 Å². The highest BCUT2D eigenvalue weighted by molar-refractivity contribution is 6.42. The highest BCUT2D eigenvalue weighted by atomic mass is 35.5. The smallest absolute Gasteiger partial charge is 0.339 e. The Labute approximate surface area is 294 Å². The van der Waals surface area contributed by atoms with Gasteiger partial charge in [0.15, 0.2) is 12.2 Å². The lowest BCUT2D eigenvalue weighted by molar-refractivity contribution is -0.185. The van der Waals surface area contributed by atoms with E-state index in [1.165, 1.54) is 16.3 Å². The first kappa shape index (κ1) is 39.3. The van der Waals surface area contributed by atoms with Gasteiger partial charge in [-0.1, -0.05) is 84.6 Å². The van der Waals surface area contributed by atoms with Crippen molar-refractivity contribution in [1.82, 2.24) is 5.32 Å². The minimum absolute atomic E-state index is 0.156. The van der Waals surface area contributed by atoms with E-state index in [4.69, 9.17) is 42.1 Å². The summed E-state index contributed by atoms with van der Waals surface area (Å²) >= 11 is 12.2. The van der Waals surface area contributed by atoms with Crippen LogP contribution < -0.4 is 5.32 Å². The zero-order chi connectivity index (χ0) is 34.9. The maximum absolute atomic E-state index is 13.5. The van der Waals surface area contributed by atoms with Gasteiger partial charge < -0.3 is 24.3 Å². The Bertz CT molecular complexity index is 1470. The van der Waals surface area contributed by atoms with Gasteiger partial charge in [-0.2, -0.15) is 0 Å².